The molecule has 26 heavy (non-hydrogen) atoms. The highest BCUT2D eigenvalue weighted by atomic mass is 35.5. The van der Waals surface area contributed by atoms with E-state index in [1.54, 1.807) is 40.9 Å². The second kappa shape index (κ2) is 6.97. The van der Waals surface area contributed by atoms with Gasteiger partial charge >= 0.3 is 0 Å². The van der Waals surface area contributed by atoms with E-state index in [0.29, 0.717) is 23.0 Å². The Morgan fingerprint density at radius 1 is 1.19 bits per heavy atom. The largest absolute Gasteiger partial charge is 0.326 e. The van der Waals surface area contributed by atoms with Gasteiger partial charge in [-0.1, -0.05) is 18.5 Å². The molecule has 134 valence electrons. The third-order valence-corrected chi connectivity index (χ3v) is 6.15. The van der Waals surface area contributed by atoms with Crippen molar-refractivity contribution in [3.8, 4) is 0 Å². The average Bonchev–Trinajstić information content (AvgIpc) is 3.38. The number of hydrogen-bond acceptors (Lipinski definition) is 3. The van der Waals surface area contributed by atoms with E-state index in [9.17, 15) is 9.59 Å². The van der Waals surface area contributed by atoms with Crippen LogP contribution in [0.25, 0.3) is 0 Å². The van der Waals surface area contributed by atoms with Crippen molar-refractivity contribution in [2.45, 2.75) is 18.2 Å². The molecule has 0 spiro atoms. The molecule has 1 aliphatic heterocycles. The Morgan fingerprint density at radius 3 is 2.62 bits per heavy atom. The van der Waals surface area contributed by atoms with Crippen LogP contribution in [0.4, 0.5) is 11.4 Å². The fraction of sp³-hybridized carbons (Fsp3) is 0.300. The summed E-state index contributed by atoms with van der Waals surface area (Å²) in [6.07, 6.45) is 0.956. The molecule has 1 aliphatic carbocycles. The molecule has 2 amide bonds. The zero-order valence-corrected chi connectivity index (χ0v) is 15.9. The maximum Gasteiger partial charge on any atom is 0.258 e. The summed E-state index contributed by atoms with van der Waals surface area (Å²) in [5, 5.41) is 3.54. The normalized spacial score (nSPS) is 21.1. The number of nitrogens with one attached hydrogen (secondary N) is 1. The first-order valence-electron chi connectivity index (χ1n) is 8.68. The summed E-state index contributed by atoms with van der Waals surface area (Å²) in [5.74, 6) is 1.47. The van der Waals surface area contributed by atoms with E-state index < -0.39 is 0 Å². The zero-order valence-electron chi connectivity index (χ0n) is 14.4. The molecule has 2 aliphatic rings. The molecule has 4 nitrogen and oxygen atoms in total. The molecule has 2 aromatic rings. The summed E-state index contributed by atoms with van der Waals surface area (Å²) in [6.45, 7) is 2.72. The minimum Gasteiger partial charge on any atom is -0.326 e. The van der Waals surface area contributed by atoms with Crippen LogP contribution in [0, 0.1) is 11.8 Å². The van der Waals surface area contributed by atoms with Crippen LogP contribution in [-0.4, -0.2) is 24.1 Å². The van der Waals surface area contributed by atoms with Crippen LogP contribution in [0.1, 0.15) is 23.7 Å². The number of carbonyl (C=O) groups excluding carboxylic acids is 2. The molecule has 0 unspecified atom stereocenters. The van der Waals surface area contributed by atoms with Crippen LogP contribution < -0.4 is 10.2 Å². The van der Waals surface area contributed by atoms with Crippen molar-refractivity contribution in [2.24, 2.45) is 11.8 Å². The van der Waals surface area contributed by atoms with Crippen LogP contribution in [0.15, 0.2) is 47.4 Å². The first-order chi connectivity index (χ1) is 12.5. The zero-order chi connectivity index (χ0) is 18.3. The Morgan fingerprint density at radius 2 is 1.92 bits per heavy atom. The van der Waals surface area contributed by atoms with Gasteiger partial charge in [0.25, 0.3) is 5.91 Å². The van der Waals surface area contributed by atoms with Gasteiger partial charge in [0, 0.05) is 39.4 Å². The maximum atomic E-state index is 13.0. The standard InChI is InChI=1S/C20H19ClN2O2S/c1-12-10-16(12)19(24)22-15-5-2-13(3-6-15)20(25)23-8-9-26-18-7-4-14(21)11-17(18)23/h2-7,11-12,16H,8-10H2,1H3,(H,22,24)/t12-,16+/m0/s1. The van der Waals surface area contributed by atoms with Gasteiger partial charge in [-0.25, -0.2) is 0 Å². The maximum absolute atomic E-state index is 13.0. The summed E-state index contributed by atoms with van der Waals surface area (Å²) in [7, 11) is 0. The molecule has 0 radical (unpaired) electrons. The average molecular weight is 387 g/mol. The fourth-order valence-corrected chi connectivity index (χ4v) is 4.32. The van der Waals surface area contributed by atoms with Gasteiger partial charge in [0.15, 0.2) is 0 Å². The molecular weight excluding hydrogens is 368 g/mol. The summed E-state index contributed by atoms with van der Waals surface area (Å²) in [6, 6.07) is 12.7. The Hall–Kier alpha value is -1.98. The van der Waals surface area contributed by atoms with Gasteiger partial charge in [0.2, 0.25) is 5.91 Å². The lowest BCUT2D eigenvalue weighted by molar-refractivity contribution is -0.117. The SMILES string of the molecule is C[C@H]1C[C@H]1C(=O)Nc1ccc(C(=O)N2CCSc3ccc(Cl)cc32)cc1. The van der Waals surface area contributed by atoms with Crippen molar-refractivity contribution in [3.05, 3.63) is 53.1 Å². The van der Waals surface area contributed by atoms with Crippen LogP contribution in [-0.2, 0) is 4.79 Å². The number of carbonyl (C=O) groups is 2. The topological polar surface area (TPSA) is 49.4 Å². The van der Waals surface area contributed by atoms with Gasteiger partial charge < -0.3 is 10.2 Å². The van der Waals surface area contributed by atoms with E-state index in [4.69, 9.17) is 11.6 Å². The number of halogens is 1. The predicted octanol–water partition coefficient (Wildman–Crippen LogP) is 4.69. The number of benzene rings is 2. The quantitative estimate of drug-likeness (QED) is 0.832. The first kappa shape index (κ1) is 17.4. The number of anilines is 2. The van der Waals surface area contributed by atoms with Gasteiger partial charge in [0.1, 0.15) is 0 Å². The Balaban J connectivity index is 1.50. The number of rotatable bonds is 3. The number of fused-ring (bicyclic) bond motifs is 1. The lowest BCUT2D eigenvalue weighted by Crippen LogP contribution is -2.35. The predicted molar refractivity (Wildman–Crippen MR) is 106 cm³/mol. The first-order valence-corrected chi connectivity index (χ1v) is 10.0. The highest BCUT2D eigenvalue weighted by molar-refractivity contribution is 7.99. The minimum absolute atomic E-state index is 0.0532. The molecule has 1 N–H and O–H groups in total. The van der Waals surface area contributed by atoms with E-state index >= 15 is 0 Å². The van der Waals surface area contributed by atoms with Gasteiger partial charge in [-0.05, 0) is 54.8 Å². The molecule has 2 aromatic carbocycles. The van der Waals surface area contributed by atoms with Gasteiger partial charge in [-0.15, -0.1) is 11.8 Å². The van der Waals surface area contributed by atoms with E-state index in [2.05, 4.69) is 12.2 Å². The van der Waals surface area contributed by atoms with Crippen molar-refractivity contribution in [1.29, 1.82) is 0 Å². The highest BCUT2D eigenvalue weighted by Gasteiger charge is 2.39. The molecule has 0 saturated heterocycles. The van der Waals surface area contributed by atoms with E-state index in [0.717, 1.165) is 28.4 Å². The second-order valence-electron chi connectivity index (χ2n) is 6.80. The third kappa shape index (κ3) is 3.46. The smallest absolute Gasteiger partial charge is 0.258 e. The monoisotopic (exact) mass is 386 g/mol. The van der Waals surface area contributed by atoms with Gasteiger partial charge in [-0.2, -0.15) is 0 Å². The van der Waals surface area contributed by atoms with Crippen molar-refractivity contribution < 1.29 is 9.59 Å². The molecule has 1 fully saturated rings. The fourth-order valence-electron chi connectivity index (χ4n) is 3.18. The van der Waals surface area contributed by atoms with Crippen molar-refractivity contribution >= 4 is 46.6 Å². The lowest BCUT2D eigenvalue weighted by atomic mass is 10.1. The molecule has 1 heterocycles. The molecule has 0 bridgehead atoms. The van der Waals surface area contributed by atoms with Gasteiger partial charge in [0.05, 0.1) is 5.69 Å². The summed E-state index contributed by atoms with van der Waals surface area (Å²) in [5.41, 5.74) is 2.18. The molecule has 0 aromatic heterocycles. The molecule has 1 saturated carbocycles. The summed E-state index contributed by atoms with van der Waals surface area (Å²) < 4.78 is 0. The van der Waals surface area contributed by atoms with Crippen LogP contribution >= 0.6 is 23.4 Å². The Kier molecular flexibility index (Phi) is 4.67. The minimum atomic E-state index is -0.0532. The van der Waals surface area contributed by atoms with E-state index in [1.807, 2.05) is 18.2 Å². The molecule has 2 atom stereocenters. The Bertz CT molecular complexity index is 869. The third-order valence-electron chi connectivity index (χ3n) is 4.88. The second-order valence-corrected chi connectivity index (χ2v) is 8.38. The van der Waals surface area contributed by atoms with Crippen LogP contribution in [0.3, 0.4) is 0 Å². The van der Waals surface area contributed by atoms with Crippen molar-refractivity contribution in [2.75, 3.05) is 22.5 Å². The summed E-state index contributed by atoms with van der Waals surface area (Å²) in [4.78, 5) is 27.8. The number of amides is 2. The van der Waals surface area contributed by atoms with Crippen molar-refractivity contribution in [1.82, 2.24) is 0 Å². The molecule has 4 rings (SSSR count). The van der Waals surface area contributed by atoms with E-state index in [-0.39, 0.29) is 17.7 Å². The van der Waals surface area contributed by atoms with Crippen molar-refractivity contribution in [3.63, 3.8) is 0 Å². The highest BCUT2D eigenvalue weighted by Crippen LogP contribution is 2.39. The lowest BCUT2D eigenvalue weighted by Gasteiger charge is -2.29. The van der Waals surface area contributed by atoms with E-state index in [1.165, 1.54) is 0 Å². The number of nitrogens with zero attached hydrogens (tertiary/aromatic N) is 1. The summed E-state index contributed by atoms with van der Waals surface area (Å²) >= 11 is 7.85. The molecule has 6 heteroatoms. The van der Waals surface area contributed by atoms with Gasteiger partial charge in [-0.3, -0.25) is 9.59 Å². The Labute approximate surface area is 161 Å². The number of hydrogen-bond donors (Lipinski definition) is 1. The van der Waals surface area contributed by atoms with Crippen LogP contribution in [0.5, 0.6) is 0 Å². The molecular formula is C20H19ClN2O2S. The van der Waals surface area contributed by atoms with Crippen LogP contribution in [0.2, 0.25) is 5.02 Å². The number of thioether (sulfide) groups is 1.